The van der Waals surface area contributed by atoms with Crippen molar-refractivity contribution in [3.05, 3.63) is 0 Å². The van der Waals surface area contributed by atoms with E-state index in [1.54, 1.807) is 6.92 Å². The van der Waals surface area contributed by atoms with Crippen molar-refractivity contribution in [3.63, 3.8) is 0 Å². The Morgan fingerprint density at radius 1 is 1.54 bits per heavy atom. The summed E-state index contributed by atoms with van der Waals surface area (Å²) in [5, 5.41) is 2.48. The smallest absolute Gasteiger partial charge is 0.407 e. The van der Waals surface area contributed by atoms with Gasteiger partial charge in [0, 0.05) is 0 Å². The van der Waals surface area contributed by atoms with Gasteiger partial charge >= 0.3 is 6.09 Å². The van der Waals surface area contributed by atoms with E-state index in [1.807, 2.05) is 20.8 Å². The minimum absolute atomic E-state index is 0.283. The number of hydrogen-bond donors (Lipinski definition) is 1. The van der Waals surface area contributed by atoms with Crippen LogP contribution in [0.2, 0.25) is 0 Å². The molecule has 0 fully saturated rings. The highest BCUT2D eigenvalue weighted by atomic mass is 16.5. The maximum Gasteiger partial charge on any atom is 0.407 e. The van der Waals surface area contributed by atoms with E-state index in [0.29, 0.717) is 6.61 Å². The standard InChI is InChI=1S/C9H17NO3/c1-5-13-8(12)10-7(6-11)9(2,3)4/h6-7H,5H2,1-4H3,(H,10,12). The average molecular weight is 187 g/mol. The summed E-state index contributed by atoms with van der Waals surface area (Å²) in [7, 11) is 0. The zero-order valence-corrected chi connectivity index (χ0v) is 8.59. The van der Waals surface area contributed by atoms with Crippen LogP contribution >= 0.6 is 0 Å². The van der Waals surface area contributed by atoms with Gasteiger partial charge < -0.3 is 14.8 Å². The Balaban J connectivity index is 4.14. The molecule has 4 nitrogen and oxygen atoms in total. The molecule has 0 saturated carbocycles. The molecule has 13 heavy (non-hydrogen) atoms. The van der Waals surface area contributed by atoms with E-state index in [9.17, 15) is 9.59 Å². The van der Waals surface area contributed by atoms with Crippen LogP contribution in [-0.2, 0) is 9.53 Å². The lowest BCUT2D eigenvalue weighted by Gasteiger charge is -2.26. The number of rotatable bonds is 3. The lowest BCUT2D eigenvalue weighted by molar-refractivity contribution is -0.111. The summed E-state index contributed by atoms with van der Waals surface area (Å²) in [4.78, 5) is 21.6. The maximum absolute atomic E-state index is 11.0. The lowest BCUT2D eigenvalue weighted by atomic mass is 9.88. The second-order valence-electron chi connectivity index (χ2n) is 3.84. The Morgan fingerprint density at radius 2 is 2.08 bits per heavy atom. The molecule has 0 spiro atoms. The first-order chi connectivity index (χ1) is 5.91. The fraction of sp³-hybridized carbons (Fsp3) is 0.778. The topological polar surface area (TPSA) is 55.4 Å². The van der Waals surface area contributed by atoms with Gasteiger partial charge in [-0.3, -0.25) is 0 Å². The molecule has 0 radical (unpaired) electrons. The van der Waals surface area contributed by atoms with E-state index in [1.165, 1.54) is 0 Å². The number of aldehydes is 1. The molecule has 0 aromatic rings. The van der Waals surface area contributed by atoms with Gasteiger partial charge in [0.15, 0.2) is 0 Å². The summed E-state index contributed by atoms with van der Waals surface area (Å²) in [5.74, 6) is 0. The van der Waals surface area contributed by atoms with Crippen LogP contribution in [0.15, 0.2) is 0 Å². The highest BCUT2D eigenvalue weighted by Gasteiger charge is 2.25. The van der Waals surface area contributed by atoms with Crippen LogP contribution in [0.5, 0.6) is 0 Å². The molecule has 0 aromatic heterocycles. The molecule has 76 valence electrons. The number of ether oxygens (including phenoxy) is 1. The normalized spacial score (nSPS) is 13.2. The van der Waals surface area contributed by atoms with Crippen molar-refractivity contribution in [2.75, 3.05) is 6.61 Å². The third kappa shape index (κ3) is 4.50. The predicted molar refractivity (Wildman–Crippen MR) is 49.5 cm³/mol. The van der Waals surface area contributed by atoms with Crippen LogP contribution in [0.3, 0.4) is 0 Å². The number of carbonyl (C=O) groups excluding carboxylic acids is 2. The molecule has 1 N–H and O–H groups in total. The highest BCUT2D eigenvalue weighted by molar-refractivity contribution is 5.73. The molecule has 0 aromatic carbocycles. The van der Waals surface area contributed by atoms with Crippen LogP contribution in [0.25, 0.3) is 0 Å². The molecule has 0 aliphatic heterocycles. The second kappa shape index (κ2) is 4.84. The molecule has 0 heterocycles. The Bertz CT molecular complexity index is 184. The zero-order chi connectivity index (χ0) is 10.5. The molecule has 0 saturated heterocycles. The van der Waals surface area contributed by atoms with Crippen molar-refractivity contribution in [1.82, 2.24) is 5.32 Å². The number of carbonyl (C=O) groups is 2. The summed E-state index contributed by atoms with van der Waals surface area (Å²) >= 11 is 0. The molecule has 1 unspecified atom stereocenters. The molecule has 0 rings (SSSR count). The number of amides is 1. The van der Waals surface area contributed by atoms with Gasteiger partial charge in [-0.2, -0.15) is 0 Å². The SMILES string of the molecule is CCOC(=O)NC(C=O)C(C)(C)C. The van der Waals surface area contributed by atoms with E-state index in [-0.39, 0.29) is 5.41 Å². The minimum Gasteiger partial charge on any atom is -0.450 e. The Morgan fingerprint density at radius 3 is 2.38 bits per heavy atom. The largest absolute Gasteiger partial charge is 0.450 e. The monoisotopic (exact) mass is 187 g/mol. The third-order valence-electron chi connectivity index (χ3n) is 1.62. The quantitative estimate of drug-likeness (QED) is 0.678. The van der Waals surface area contributed by atoms with Crippen molar-refractivity contribution in [1.29, 1.82) is 0 Å². The van der Waals surface area contributed by atoms with E-state index < -0.39 is 12.1 Å². The van der Waals surface area contributed by atoms with Gasteiger partial charge in [0.1, 0.15) is 6.29 Å². The van der Waals surface area contributed by atoms with E-state index in [4.69, 9.17) is 0 Å². The predicted octanol–water partition coefficient (Wildman–Crippen LogP) is 1.35. The Hall–Kier alpha value is -1.06. The summed E-state index contributed by atoms with van der Waals surface area (Å²) in [6.07, 6.45) is 0.172. The first kappa shape index (κ1) is 11.9. The summed E-state index contributed by atoms with van der Waals surface area (Å²) in [5.41, 5.74) is -0.283. The van der Waals surface area contributed by atoms with Gasteiger partial charge in [-0.15, -0.1) is 0 Å². The average Bonchev–Trinajstić information content (AvgIpc) is 1.98. The first-order valence-electron chi connectivity index (χ1n) is 4.30. The molecule has 0 aliphatic carbocycles. The molecule has 0 bridgehead atoms. The number of alkyl carbamates (subject to hydrolysis) is 1. The van der Waals surface area contributed by atoms with Crippen molar-refractivity contribution in [2.45, 2.75) is 33.7 Å². The molecular formula is C9H17NO3. The Kier molecular flexibility index (Phi) is 4.45. The van der Waals surface area contributed by atoms with E-state index >= 15 is 0 Å². The van der Waals surface area contributed by atoms with Crippen molar-refractivity contribution >= 4 is 12.4 Å². The second-order valence-corrected chi connectivity index (χ2v) is 3.84. The van der Waals surface area contributed by atoms with Gasteiger partial charge in [0.05, 0.1) is 12.6 Å². The van der Waals surface area contributed by atoms with Crippen LogP contribution in [-0.4, -0.2) is 25.0 Å². The van der Waals surface area contributed by atoms with Crippen molar-refractivity contribution in [2.24, 2.45) is 5.41 Å². The van der Waals surface area contributed by atoms with Crippen molar-refractivity contribution in [3.8, 4) is 0 Å². The maximum atomic E-state index is 11.0. The highest BCUT2D eigenvalue weighted by Crippen LogP contribution is 2.17. The summed E-state index contributed by atoms with van der Waals surface area (Å²) in [6, 6.07) is -0.508. The van der Waals surface area contributed by atoms with Crippen LogP contribution < -0.4 is 5.32 Å². The summed E-state index contributed by atoms with van der Waals surface area (Å²) < 4.78 is 4.66. The molecular weight excluding hydrogens is 170 g/mol. The van der Waals surface area contributed by atoms with Gasteiger partial charge in [-0.25, -0.2) is 4.79 Å². The Labute approximate surface area is 78.6 Å². The first-order valence-corrected chi connectivity index (χ1v) is 4.30. The van der Waals surface area contributed by atoms with Crippen LogP contribution in [0, 0.1) is 5.41 Å². The molecule has 1 amide bonds. The van der Waals surface area contributed by atoms with Gasteiger partial charge in [0.25, 0.3) is 0 Å². The fourth-order valence-electron chi connectivity index (χ4n) is 0.754. The van der Waals surface area contributed by atoms with E-state index in [2.05, 4.69) is 10.1 Å². The number of nitrogens with one attached hydrogen (secondary N) is 1. The number of hydrogen-bond acceptors (Lipinski definition) is 3. The minimum atomic E-state index is -0.547. The molecule has 1 atom stereocenters. The van der Waals surface area contributed by atoms with Gasteiger partial charge in [0.2, 0.25) is 0 Å². The molecule has 0 aliphatic rings. The zero-order valence-electron chi connectivity index (χ0n) is 8.59. The van der Waals surface area contributed by atoms with E-state index in [0.717, 1.165) is 6.29 Å². The van der Waals surface area contributed by atoms with Crippen LogP contribution in [0.1, 0.15) is 27.7 Å². The van der Waals surface area contributed by atoms with Crippen molar-refractivity contribution < 1.29 is 14.3 Å². The van der Waals surface area contributed by atoms with Crippen LogP contribution in [0.4, 0.5) is 4.79 Å². The third-order valence-corrected chi connectivity index (χ3v) is 1.62. The fourth-order valence-corrected chi connectivity index (χ4v) is 0.754. The summed E-state index contributed by atoms with van der Waals surface area (Å²) in [6.45, 7) is 7.64. The van der Waals surface area contributed by atoms with Gasteiger partial charge in [-0.1, -0.05) is 20.8 Å². The lowest BCUT2D eigenvalue weighted by Crippen LogP contribution is -2.45. The molecule has 4 heteroatoms. The van der Waals surface area contributed by atoms with Gasteiger partial charge in [-0.05, 0) is 12.3 Å².